The van der Waals surface area contributed by atoms with Crippen LogP contribution < -0.4 is 0 Å². The van der Waals surface area contributed by atoms with E-state index in [2.05, 4.69) is 15.9 Å². The van der Waals surface area contributed by atoms with Crippen LogP contribution in [0.25, 0.3) is 0 Å². The van der Waals surface area contributed by atoms with E-state index in [1.807, 2.05) is 0 Å². The monoisotopic (exact) mass is 325 g/mol. The summed E-state index contributed by atoms with van der Waals surface area (Å²) < 4.78 is 37.6. The molecule has 0 aliphatic heterocycles. The van der Waals surface area contributed by atoms with Gasteiger partial charge in [-0.2, -0.15) is 13.2 Å². The molecule has 0 atom stereocenters. The molecule has 18 heavy (non-hydrogen) atoms. The van der Waals surface area contributed by atoms with Crippen LogP contribution in [0.1, 0.15) is 22.3 Å². The minimum absolute atomic E-state index is 0.0293. The van der Waals surface area contributed by atoms with E-state index in [0.29, 0.717) is 12.1 Å². The lowest BCUT2D eigenvalue weighted by Gasteiger charge is -2.08. The molecule has 0 aliphatic carbocycles. The Morgan fingerprint density at radius 2 is 1.94 bits per heavy atom. The van der Waals surface area contributed by atoms with Crippen LogP contribution in [-0.4, -0.2) is 16.0 Å². The smallest absolute Gasteiger partial charge is 0.294 e. The van der Waals surface area contributed by atoms with Crippen molar-refractivity contribution in [2.24, 2.45) is 0 Å². The van der Waals surface area contributed by atoms with Gasteiger partial charge in [-0.1, -0.05) is 15.9 Å². The number of nitrogens with zero attached hydrogens (tertiary/aromatic N) is 1. The largest absolute Gasteiger partial charge is 0.416 e. The van der Waals surface area contributed by atoms with Crippen molar-refractivity contribution in [1.82, 2.24) is 0 Å². The molecule has 0 saturated heterocycles. The number of hydrogen-bond acceptors (Lipinski definition) is 3. The third kappa shape index (κ3) is 3.52. The number of benzene rings is 1. The van der Waals surface area contributed by atoms with Crippen LogP contribution in [0.3, 0.4) is 0 Å². The summed E-state index contributed by atoms with van der Waals surface area (Å²) >= 11 is 2.98. The molecule has 0 amide bonds. The molecule has 4 nitrogen and oxygen atoms in total. The first-order chi connectivity index (χ1) is 8.25. The van der Waals surface area contributed by atoms with Gasteiger partial charge in [0.1, 0.15) is 0 Å². The number of hydrogen-bond donors (Lipinski definition) is 0. The highest BCUT2D eigenvalue weighted by Crippen LogP contribution is 2.32. The third-order valence-corrected chi connectivity index (χ3v) is 2.50. The summed E-state index contributed by atoms with van der Waals surface area (Å²) in [4.78, 5) is 21.1. The van der Waals surface area contributed by atoms with Crippen molar-refractivity contribution in [1.29, 1.82) is 0 Å². The molecule has 1 rings (SSSR count). The topological polar surface area (TPSA) is 60.2 Å². The molecule has 98 valence electrons. The second kappa shape index (κ2) is 5.47. The standard InChI is InChI=1S/C10H7BrF3NO3/c11-2-1-9(16)6-3-7(10(12,13)14)5-8(4-6)15(17)18/h3-5H,1-2H2. The lowest BCUT2D eigenvalue weighted by Crippen LogP contribution is -2.09. The molecule has 0 radical (unpaired) electrons. The van der Waals surface area contributed by atoms with Gasteiger partial charge in [0.2, 0.25) is 0 Å². The number of nitro benzene ring substituents is 1. The van der Waals surface area contributed by atoms with Gasteiger partial charge in [-0.05, 0) is 6.07 Å². The molecule has 0 fully saturated rings. The second-order valence-corrected chi connectivity index (χ2v) is 4.18. The Bertz CT molecular complexity index is 488. The fraction of sp³-hybridized carbons (Fsp3) is 0.300. The Balaban J connectivity index is 3.31. The van der Waals surface area contributed by atoms with Crippen molar-refractivity contribution in [2.45, 2.75) is 12.6 Å². The lowest BCUT2D eigenvalue weighted by molar-refractivity contribution is -0.385. The highest BCUT2D eigenvalue weighted by Gasteiger charge is 2.33. The first-order valence-corrected chi connectivity index (χ1v) is 5.83. The summed E-state index contributed by atoms with van der Waals surface area (Å²) in [6.07, 6.45) is -4.76. The number of Topliss-reactive ketones (excluding diaryl/α,β-unsaturated/α-hetero) is 1. The molecule has 0 aromatic heterocycles. The molecule has 0 spiro atoms. The van der Waals surface area contributed by atoms with Crippen LogP contribution in [0.2, 0.25) is 0 Å². The summed E-state index contributed by atoms with van der Waals surface area (Å²) in [6, 6.07) is 1.88. The van der Waals surface area contributed by atoms with E-state index in [1.165, 1.54) is 0 Å². The van der Waals surface area contributed by atoms with Crippen molar-refractivity contribution < 1.29 is 22.9 Å². The normalized spacial score (nSPS) is 11.3. The number of nitro groups is 1. The van der Waals surface area contributed by atoms with Crippen LogP contribution in [0.4, 0.5) is 18.9 Å². The Labute approximate surface area is 108 Å². The van der Waals surface area contributed by atoms with Crippen LogP contribution in [0.5, 0.6) is 0 Å². The fourth-order valence-corrected chi connectivity index (χ4v) is 1.63. The van der Waals surface area contributed by atoms with Gasteiger partial charge >= 0.3 is 6.18 Å². The first-order valence-electron chi connectivity index (χ1n) is 4.71. The Morgan fingerprint density at radius 3 is 2.39 bits per heavy atom. The van der Waals surface area contributed by atoms with Gasteiger partial charge in [0.15, 0.2) is 5.78 Å². The summed E-state index contributed by atoms with van der Waals surface area (Å²) in [5.74, 6) is -0.582. The second-order valence-electron chi connectivity index (χ2n) is 3.39. The van der Waals surface area contributed by atoms with Crippen LogP contribution in [-0.2, 0) is 6.18 Å². The number of rotatable bonds is 4. The number of carbonyl (C=O) groups excluding carboxylic acids is 1. The van der Waals surface area contributed by atoms with Crippen molar-refractivity contribution >= 4 is 27.4 Å². The predicted molar refractivity (Wildman–Crippen MR) is 60.8 cm³/mol. The molecule has 0 bridgehead atoms. The van der Waals surface area contributed by atoms with E-state index in [1.54, 1.807) is 0 Å². The maximum atomic E-state index is 12.5. The molecule has 0 saturated carbocycles. The first kappa shape index (κ1) is 14.6. The molecule has 1 aromatic carbocycles. The van der Waals surface area contributed by atoms with Gasteiger partial charge in [-0.25, -0.2) is 0 Å². The van der Waals surface area contributed by atoms with E-state index in [9.17, 15) is 28.1 Å². The predicted octanol–water partition coefficient (Wildman–Crippen LogP) is 3.58. The number of carbonyl (C=O) groups is 1. The summed E-state index contributed by atoms with van der Waals surface area (Å²) in [5.41, 5.74) is -2.26. The molecule has 0 N–H and O–H groups in total. The van der Waals surface area contributed by atoms with Crippen molar-refractivity contribution in [2.75, 3.05) is 5.33 Å². The van der Waals surface area contributed by atoms with Crippen molar-refractivity contribution in [3.63, 3.8) is 0 Å². The number of non-ortho nitro benzene ring substituents is 1. The Kier molecular flexibility index (Phi) is 4.44. The minimum Gasteiger partial charge on any atom is -0.294 e. The van der Waals surface area contributed by atoms with Crippen molar-refractivity contribution in [3.8, 4) is 0 Å². The molecule has 0 heterocycles. The van der Waals surface area contributed by atoms with Crippen molar-refractivity contribution in [3.05, 3.63) is 39.4 Å². The highest BCUT2D eigenvalue weighted by atomic mass is 79.9. The Morgan fingerprint density at radius 1 is 1.33 bits per heavy atom. The highest BCUT2D eigenvalue weighted by molar-refractivity contribution is 9.09. The third-order valence-electron chi connectivity index (χ3n) is 2.10. The minimum atomic E-state index is -4.73. The van der Waals surface area contributed by atoms with Gasteiger partial charge in [0.25, 0.3) is 5.69 Å². The molecule has 0 unspecified atom stereocenters. The number of ketones is 1. The zero-order chi connectivity index (χ0) is 13.9. The quantitative estimate of drug-likeness (QED) is 0.368. The van der Waals surface area contributed by atoms with Gasteiger partial charge in [0, 0.05) is 29.4 Å². The number of alkyl halides is 4. The summed E-state index contributed by atoms with van der Waals surface area (Å²) in [6.45, 7) is 0. The van der Waals surface area contributed by atoms with E-state index >= 15 is 0 Å². The van der Waals surface area contributed by atoms with Gasteiger partial charge in [-0.3, -0.25) is 14.9 Å². The van der Waals surface area contributed by atoms with Crippen LogP contribution in [0, 0.1) is 10.1 Å². The molecule has 8 heteroatoms. The maximum Gasteiger partial charge on any atom is 0.416 e. The average Bonchev–Trinajstić information content (AvgIpc) is 2.27. The summed E-state index contributed by atoms with van der Waals surface area (Å²) in [5, 5.41) is 10.8. The molecule has 0 aliphatic rings. The fourth-order valence-electron chi connectivity index (χ4n) is 1.27. The molecule has 1 aromatic rings. The van der Waals surface area contributed by atoms with Crippen LogP contribution in [0.15, 0.2) is 18.2 Å². The van der Waals surface area contributed by atoms with Crippen LogP contribution >= 0.6 is 15.9 Å². The Hall–Kier alpha value is -1.44. The number of halogens is 4. The lowest BCUT2D eigenvalue weighted by atomic mass is 10.0. The molecular weight excluding hydrogens is 319 g/mol. The van der Waals surface area contributed by atoms with E-state index < -0.39 is 28.1 Å². The zero-order valence-electron chi connectivity index (χ0n) is 8.83. The van der Waals surface area contributed by atoms with E-state index in [4.69, 9.17) is 0 Å². The van der Waals surface area contributed by atoms with Gasteiger partial charge in [0.05, 0.1) is 10.5 Å². The molecular formula is C10H7BrF3NO3. The zero-order valence-corrected chi connectivity index (χ0v) is 10.4. The van der Waals surface area contributed by atoms with E-state index in [-0.39, 0.29) is 17.3 Å². The average molecular weight is 326 g/mol. The van der Waals surface area contributed by atoms with Gasteiger partial charge in [-0.15, -0.1) is 0 Å². The SMILES string of the molecule is O=C(CCBr)c1cc([N+](=O)[O-])cc(C(F)(F)F)c1. The van der Waals surface area contributed by atoms with E-state index in [0.717, 1.165) is 6.07 Å². The van der Waals surface area contributed by atoms with Gasteiger partial charge < -0.3 is 0 Å². The summed E-state index contributed by atoms with van der Waals surface area (Å²) in [7, 11) is 0. The maximum absolute atomic E-state index is 12.5.